The van der Waals surface area contributed by atoms with Crippen molar-refractivity contribution in [3.8, 4) is 5.75 Å². The Morgan fingerprint density at radius 2 is 1.84 bits per heavy atom. The van der Waals surface area contributed by atoms with Gasteiger partial charge in [-0.05, 0) is 31.5 Å². The van der Waals surface area contributed by atoms with Gasteiger partial charge in [0.1, 0.15) is 5.75 Å². The highest BCUT2D eigenvalue weighted by Gasteiger charge is 2.28. The molecule has 3 atom stereocenters. The van der Waals surface area contributed by atoms with E-state index in [1.807, 2.05) is 12.1 Å². The van der Waals surface area contributed by atoms with Crippen molar-refractivity contribution in [2.45, 2.75) is 32.1 Å². The van der Waals surface area contributed by atoms with Gasteiger partial charge in [0.05, 0.1) is 19.3 Å². The quantitative estimate of drug-likeness (QED) is 0.901. The molecule has 0 saturated carbocycles. The molecule has 19 heavy (non-hydrogen) atoms. The minimum atomic E-state index is 0.250. The van der Waals surface area contributed by atoms with Crippen LogP contribution in [0.15, 0.2) is 24.3 Å². The monoisotopic (exact) mass is 264 g/mol. The van der Waals surface area contributed by atoms with Crippen molar-refractivity contribution in [3.05, 3.63) is 29.8 Å². The van der Waals surface area contributed by atoms with E-state index < -0.39 is 0 Å². The fraction of sp³-hybridized carbons (Fsp3) is 0.600. The summed E-state index contributed by atoms with van der Waals surface area (Å²) in [7, 11) is 1.68. The molecule has 0 amide bonds. The maximum atomic E-state index is 5.98. The van der Waals surface area contributed by atoms with E-state index in [0.29, 0.717) is 6.54 Å². The number of morpholine rings is 1. The summed E-state index contributed by atoms with van der Waals surface area (Å²) in [6, 6.07) is 8.43. The first-order valence-corrected chi connectivity index (χ1v) is 6.87. The zero-order valence-electron chi connectivity index (χ0n) is 12.0. The fourth-order valence-electron chi connectivity index (χ4n) is 2.79. The van der Waals surface area contributed by atoms with Crippen molar-refractivity contribution < 1.29 is 9.47 Å². The van der Waals surface area contributed by atoms with Crippen LogP contribution in [0.3, 0.4) is 0 Å². The minimum Gasteiger partial charge on any atom is -0.497 e. The van der Waals surface area contributed by atoms with Gasteiger partial charge in [-0.15, -0.1) is 0 Å². The zero-order valence-corrected chi connectivity index (χ0v) is 12.0. The van der Waals surface area contributed by atoms with Gasteiger partial charge in [0, 0.05) is 25.7 Å². The van der Waals surface area contributed by atoms with Gasteiger partial charge >= 0.3 is 0 Å². The lowest BCUT2D eigenvalue weighted by Gasteiger charge is -2.40. The van der Waals surface area contributed by atoms with Gasteiger partial charge in [-0.25, -0.2) is 0 Å². The second kappa shape index (κ2) is 6.37. The van der Waals surface area contributed by atoms with E-state index in [2.05, 4.69) is 30.9 Å². The van der Waals surface area contributed by atoms with Crippen molar-refractivity contribution in [3.63, 3.8) is 0 Å². The third-order valence-corrected chi connectivity index (χ3v) is 3.61. The molecule has 4 heteroatoms. The molecule has 2 rings (SSSR count). The van der Waals surface area contributed by atoms with E-state index in [1.54, 1.807) is 7.11 Å². The predicted molar refractivity (Wildman–Crippen MR) is 76.4 cm³/mol. The number of nitrogens with two attached hydrogens (primary N) is 1. The Morgan fingerprint density at radius 3 is 2.32 bits per heavy atom. The first-order chi connectivity index (χ1) is 9.13. The Labute approximate surface area is 115 Å². The standard InChI is InChI=1S/C15H24N2O2/c1-11-9-17(10-12(2)19-11)15(8-16)13-4-6-14(18-3)7-5-13/h4-7,11-12,15H,8-10,16H2,1-3H3/t11-,12+,15-/m1/s1. The molecule has 1 aromatic rings. The van der Waals surface area contributed by atoms with Gasteiger partial charge in [-0.1, -0.05) is 12.1 Å². The normalized spacial score (nSPS) is 26.1. The van der Waals surface area contributed by atoms with E-state index in [1.165, 1.54) is 5.56 Å². The van der Waals surface area contributed by atoms with Crippen LogP contribution in [0, 0.1) is 0 Å². The summed E-state index contributed by atoms with van der Waals surface area (Å²) in [5, 5.41) is 0. The Bertz CT molecular complexity index is 384. The lowest BCUT2D eigenvalue weighted by Crippen LogP contribution is -2.48. The van der Waals surface area contributed by atoms with Crippen LogP contribution in [0.4, 0.5) is 0 Å². The van der Waals surface area contributed by atoms with Crippen LogP contribution in [-0.4, -0.2) is 43.9 Å². The average Bonchev–Trinajstić information content (AvgIpc) is 2.39. The third-order valence-electron chi connectivity index (χ3n) is 3.61. The lowest BCUT2D eigenvalue weighted by molar-refractivity contribution is -0.0799. The van der Waals surface area contributed by atoms with Crippen molar-refractivity contribution in [1.29, 1.82) is 0 Å². The number of rotatable bonds is 4. The first kappa shape index (κ1) is 14.3. The fourth-order valence-corrected chi connectivity index (χ4v) is 2.79. The van der Waals surface area contributed by atoms with Gasteiger partial charge < -0.3 is 15.2 Å². The van der Waals surface area contributed by atoms with Crippen molar-refractivity contribution in [1.82, 2.24) is 4.90 Å². The van der Waals surface area contributed by atoms with Gasteiger partial charge in [-0.2, -0.15) is 0 Å². The van der Waals surface area contributed by atoms with Gasteiger partial charge in [0.25, 0.3) is 0 Å². The molecule has 2 N–H and O–H groups in total. The van der Waals surface area contributed by atoms with Crippen LogP contribution in [0.2, 0.25) is 0 Å². The van der Waals surface area contributed by atoms with E-state index in [4.69, 9.17) is 15.2 Å². The van der Waals surface area contributed by atoms with E-state index >= 15 is 0 Å². The van der Waals surface area contributed by atoms with E-state index in [-0.39, 0.29) is 18.2 Å². The molecule has 1 aliphatic rings. The Kier molecular flexibility index (Phi) is 4.80. The average molecular weight is 264 g/mol. The van der Waals surface area contributed by atoms with Crippen LogP contribution in [0.25, 0.3) is 0 Å². The predicted octanol–water partition coefficient (Wildman–Crippen LogP) is 1.80. The smallest absolute Gasteiger partial charge is 0.118 e. The van der Waals surface area contributed by atoms with Crippen molar-refractivity contribution >= 4 is 0 Å². The SMILES string of the molecule is COc1ccc([C@@H](CN)N2C[C@@H](C)O[C@@H](C)C2)cc1. The maximum Gasteiger partial charge on any atom is 0.118 e. The molecule has 1 aromatic carbocycles. The van der Waals surface area contributed by atoms with E-state index in [0.717, 1.165) is 18.8 Å². The van der Waals surface area contributed by atoms with Crippen LogP contribution >= 0.6 is 0 Å². The number of ether oxygens (including phenoxy) is 2. The third kappa shape index (κ3) is 3.47. The number of nitrogens with zero attached hydrogens (tertiary/aromatic N) is 1. The molecule has 4 nitrogen and oxygen atoms in total. The van der Waals surface area contributed by atoms with Crippen LogP contribution < -0.4 is 10.5 Å². The van der Waals surface area contributed by atoms with Crippen LogP contribution in [0.5, 0.6) is 5.75 Å². The molecule has 0 aliphatic carbocycles. The molecule has 0 aromatic heterocycles. The highest BCUT2D eigenvalue weighted by atomic mass is 16.5. The highest BCUT2D eigenvalue weighted by molar-refractivity contribution is 5.29. The molecule has 0 bridgehead atoms. The molecule has 106 valence electrons. The second-order valence-corrected chi connectivity index (χ2v) is 5.24. The molecule has 1 saturated heterocycles. The summed E-state index contributed by atoms with van der Waals surface area (Å²) >= 11 is 0. The van der Waals surface area contributed by atoms with Crippen molar-refractivity contribution in [2.24, 2.45) is 5.73 Å². The molecular formula is C15H24N2O2. The Balaban J connectivity index is 2.13. The van der Waals surface area contributed by atoms with E-state index in [9.17, 15) is 0 Å². The molecule has 1 fully saturated rings. The summed E-state index contributed by atoms with van der Waals surface area (Å²) < 4.78 is 11.0. The molecule has 1 aliphatic heterocycles. The molecule has 1 heterocycles. The zero-order chi connectivity index (χ0) is 13.8. The van der Waals surface area contributed by atoms with Crippen LogP contribution in [0.1, 0.15) is 25.5 Å². The maximum absolute atomic E-state index is 5.98. The summed E-state index contributed by atoms with van der Waals surface area (Å²) in [5.41, 5.74) is 7.22. The number of hydrogen-bond acceptors (Lipinski definition) is 4. The number of benzene rings is 1. The number of hydrogen-bond donors (Lipinski definition) is 1. The molecular weight excluding hydrogens is 240 g/mol. The first-order valence-electron chi connectivity index (χ1n) is 6.87. The summed E-state index contributed by atoms with van der Waals surface area (Å²) in [4.78, 5) is 2.42. The highest BCUT2D eigenvalue weighted by Crippen LogP contribution is 2.25. The Hall–Kier alpha value is -1.10. The summed E-state index contributed by atoms with van der Waals surface area (Å²) in [5.74, 6) is 0.878. The largest absolute Gasteiger partial charge is 0.497 e. The van der Waals surface area contributed by atoms with Crippen LogP contribution in [-0.2, 0) is 4.74 Å². The molecule has 0 spiro atoms. The topological polar surface area (TPSA) is 47.7 Å². The summed E-state index contributed by atoms with van der Waals surface area (Å²) in [6.07, 6.45) is 0.520. The van der Waals surface area contributed by atoms with Gasteiger partial charge in [0.2, 0.25) is 0 Å². The van der Waals surface area contributed by atoms with Crippen molar-refractivity contribution in [2.75, 3.05) is 26.7 Å². The lowest BCUT2D eigenvalue weighted by atomic mass is 10.0. The molecule has 0 unspecified atom stereocenters. The number of methoxy groups -OCH3 is 1. The molecule has 0 radical (unpaired) electrons. The Morgan fingerprint density at radius 1 is 1.26 bits per heavy atom. The minimum absolute atomic E-state index is 0.250. The van der Waals surface area contributed by atoms with Gasteiger partial charge in [-0.3, -0.25) is 4.90 Å². The van der Waals surface area contributed by atoms with Gasteiger partial charge in [0.15, 0.2) is 0 Å². The second-order valence-electron chi connectivity index (χ2n) is 5.24. The summed E-state index contributed by atoms with van der Waals surface area (Å²) in [6.45, 7) is 6.71.